The van der Waals surface area contributed by atoms with Crippen molar-refractivity contribution >= 4 is 35.1 Å². The molecule has 32 heavy (non-hydrogen) atoms. The van der Waals surface area contributed by atoms with E-state index in [4.69, 9.17) is 32.7 Å². The first kappa shape index (κ1) is 23.6. The lowest BCUT2D eigenvalue weighted by atomic mass is 10.1. The Balaban J connectivity index is 1.72. The normalized spacial score (nSPS) is 11.1. The van der Waals surface area contributed by atoms with Gasteiger partial charge in [-0.15, -0.1) is 0 Å². The molecule has 0 unspecified atom stereocenters. The highest BCUT2D eigenvalue weighted by molar-refractivity contribution is 6.42. The van der Waals surface area contributed by atoms with E-state index in [1.807, 2.05) is 6.07 Å². The summed E-state index contributed by atoms with van der Waals surface area (Å²) in [6.45, 7) is -2.75. The van der Waals surface area contributed by atoms with E-state index in [2.05, 4.69) is 4.74 Å². The van der Waals surface area contributed by atoms with Crippen LogP contribution in [0.4, 0.5) is 8.78 Å². The number of rotatable bonds is 9. The summed E-state index contributed by atoms with van der Waals surface area (Å²) < 4.78 is 39.9. The lowest BCUT2D eigenvalue weighted by molar-refractivity contribution is -0.0498. The van der Waals surface area contributed by atoms with Gasteiger partial charge in [0.2, 0.25) is 0 Å². The van der Waals surface area contributed by atoms with Crippen LogP contribution in [0.2, 0.25) is 10.0 Å². The number of allylic oxidation sites excluding steroid dienone is 1. The standard InChI is InChI=1S/C24H18Cl2F2O4/c1-30-21-12-6-15(13-17(21)14-31-22-4-2-3-19(25)23(22)26)5-11-20(29)16-7-9-18(10-8-16)32-24(27)28/h2-13,24H,14H2,1H3/b11-5+. The molecule has 0 spiro atoms. The van der Waals surface area contributed by atoms with Crippen LogP contribution in [0.25, 0.3) is 6.08 Å². The van der Waals surface area contributed by atoms with E-state index in [0.29, 0.717) is 27.1 Å². The summed E-state index contributed by atoms with van der Waals surface area (Å²) in [7, 11) is 1.55. The van der Waals surface area contributed by atoms with Crippen LogP contribution >= 0.6 is 23.2 Å². The smallest absolute Gasteiger partial charge is 0.387 e. The predicted molar refractivity (Wildman–Crippen MR) is 120 cm³/mol. The molecule has 0 N–H and O–H groups in total. The Kier molecular flexibility index (Phi) is 8.09. The van der Waals surface area contributed by atoms with Crippen molar-refractivity contribution in [2.45, 2.75) is 13.2 Å². The minimum atomic E-state index is -2.92. The lowest BCUT2D eigenvalue weighted by Crippen LogP contribution is -2.02. The highest BCUT2D eigenvalue weighted by Gasteiger charge is 2.10. The quantitative estimate of drug-likeness (QED) is 0.243. The lowest BCUT2D eigenvalue weighted by Gasteiger charge is -2.12. The maximum Gasteiger partial charge on any atom is 0.387 e. The molecule has 0 heterocycles. The fourth-order valence-corrected chi connectivity index (χ4v) is 3.18. The summed E-state index contributed by atoms with van der Waals surface area (Å²) >= 11 is 12.2. The van der Waals surface area contributed by atoms with Crippen LogP contribution in [-0.2, 0) is 6.61 Å². The first-order valence-corrected chi connectivity index (χ1v) is 10.1. The minimum Gasteiger partial charge on any atom is -0.496 e. The highest BCUT2D eigenvalue weighted by atomic mass is 35.5. The zero-order chi connectivity index (χ0) is 23.1. The summed E-state index contributed by atoms with van der Waals surface area (Å²) in [6, 6.07) is 16.0. The number of carbonyl (C=O) groups is 1. The largest absolute Gasteiger partial charge is 0.496 e. The molecule has 8 heteroatoms. The number of ether oxygens (including phenoxy) is 3. The molecular weight excluding hydrogens is 461 g/mol. The molecule has 0 saturated heterocycles. The van der Waals surface area contributed by atoms with Crippen molar-refractivity contribution in [3.05, 3.63) is 93.5 Å². The SMILES string of the molecule is COc1ccc(/C=C/C(=O)c2ccc(OC(F)F)cc2)cc1COc1cccc(Cl)c1Cl. The number of hydrogen-bond donors (Lipinski definition) is 0. The molecule has 3 aromatic rings. The van der Waals surface area contributed by atoms with Gasteiger partial charge in [-0.05, 0) is 60.2 Å². The second kappa shape index (κ2) is 11.0. The summed E-state index contributed by atoms with van der Waals surface area (Å²) in [5.74, 6) is 0.755. The van der Waals surface area contributed by atoms with Crippen molar-refractivity contribution < 1.29 is 27.8 Å². The van der Waals surface area contributed by atoms with Gasteiger partial charge in [-0.2, -0.15) is 8.78 Å². The topological polar surface area (TPSA) is 44.8 Å². The second-order valence-corrected chi connectivity index (χ2v) is 7.30. The monoisotopic (exact) mass is 478 g/mol. The van der Waals surface area contributed by atoms with Gasteiger partial charge in [0.25, 0.3) is 0 Å². The highest BCUT2D eigenvalue weighted by Crippen LogP contribution is 2.32. The van der Waals surface area contributed by atoms with Crippen LogP contribution in [0, 0.1) is 0 Å². The molecule has 0 atom stereocenters. The van der Waals surface area contributed by atoms with Gasteiger partial charge in [-0.25, -0.2) is 0 Å². The van der Waals surface area contributed by atoms with Gasteiger partial charge >= 0.3 is 6.61 Å². The predicted octanol–water partition coefficient (Wildman–Crippen LogP) is 7.08. The Hall–Kier alpha value is -3.09. The maximum absolute atomic E-state index is 12.4. The molecule has 0 fully saturated rings. The molecule has 0 amide bonds. The molecule has 166 valence electrons. The minimum absolute atomic E-state index is 0.0138. The van der Waals surface area contributed by atoms with Crippen molar-refractivity contribution in [2.75, 3.05) is 7.11 Å². The van der Waals surface area contributed by atoms with Crippen molar-refractivity contribution in [2.24, 2.45) is 0 Å². The fraction of sp³-hybridized carbons (Fsp3) is 0.125. The molecule has 0 aliphatic rings. The van der Waals surface area contributed by atoms with Crippen LogP contribution < -0.4 is 14.2 Å². The third kappa shape index (κ3) is 6.22. The van der Waals surface area contributed by atoms with E-state index in [9.17, 15) is 13.6 Å². The number of methoxy groups -OCH3 is 1. The van der Waals surface area contributed by atoms with Crippen LogP contribution in [0.3, 0.4) is 0 Å². The summed E-state index contributed by atoms with van der Waals surface area (Å²) in [4.78, 5) is 12.4. The van der Waals surface area contributed by atoms with E-state index in [1.165, 1.54) is 30.3 Å². The molecule has 0 aliphatic heterocycles. The van der Waals surface area contributed by atoms with E-state index in [1.54, 1.807) is 43.5 Å². The van der Waals surface area contributed by atoms with Crippen molar-refractivity contribution in [3.8, 4) is 17.2 Å². The van der Waals surface area contributed by atoms with E-state index in [-0.39, 0.29) is 18.1 Å². The van der Waals surface area contributed by atoms with Crippen LogP contribution in [0.1, 0.15) is 21.5 Å². The van der Waals surface area contributed by atoms with Gasteiger partial charge in [0, 0.05) is 11.1 Å². The van der Waals surface area contributed by atoms with Gasteiger partial charge in [0.15, 0.2) is 5.78 Å². The Morgan fingerprint density at radius 3 is 2.47 bits per heavy atom. The Morgan fingerprint density at radius 1 is 1.03 bits per heavy atom. The van der Waals surface area contributed by atoms with E-state index < -0.39 is 6.61 Å². The summed E-state index contributed by atoms with van der Waals surface area (Å²) in [5, 5.41) is 0.708. The summed E-state index contributed by atoms with van der Waals surface area (Å²) in [6.07, 6.45) is 3.03. The number of alkyl halides is 2. The van der Waals surface area contributed by atoms with Crippen molar-refractivity contribution in [1.82, 2.24) is 0 Å². The van der Waals surface area contributed by atoms with Gasteiger partial charge < -0.3 is 14.2 Å². The Morgan fingerprint density at radius 2 is 1.78 bits per heavy atom. The Bertz CT molecular complexity index is 1120. The molecular formula is C24H18Cl2F2O4. The summed E-state index contributed by atoms with van der Waals surface area (Å²) in [5.41, 5.74) is 1.83. The molecule has 0 aliphatic carbocycles. The molecule has 0 bridgehead atoms. The number of carbonyl (C=O) groups excluding carboxylic acids is 1. The number of halogens is 4. The van der Waals surface area contributed by atoms with Gasteiger partial charge in [0.05, 0.1) is 12.1 Å². The van der Waals surface area contributed by atoms with Gasteiger partial charge in [0.1, 0.15) is 28.9 Å². The number of ketones is 1. The molecule has 0 saturated carbocycles. The van der Waals surface area contributed by atoms with Crippen LogP contribution in [0.15, 0.2) is 66.7 Å². The van der Waals surface area contributed by atoms with Gasteiger partial charge in [-0.3, -0.25) is 4.79 Å². The molecule has 4 nitrogen and oxygen atoms in total. The van der Waals surface area contributed by atoms with Crippen molar-refractivity contribution in [3.63, 3.8) is 0 Å². The van der Waals surface area contributed by atoms with E-state index in [0.717, 1.165) is 11.1 Å². The molecule has 3 aromatic carbocycles. The average molecular weight is 479 g/mol. The first-order valence-electron chi connectivity index (χ1n) is 9.38. The molecule has 0 aromatic heterocycles. The zero-order valence-electron chi connectivity index (χ0n) is 16.9. The average Bonchev–Trinajstić information content (AvgIpc) is 2.78. The zero-order valence-corrected chi connectivity index (χ0v) is 18.4. The Labute approximate surface area is 193 Å². The van der Waals surface area contributed by atoms with Crippen LogP contribution in [0.5, 0.6) is 17.2 Å². The molecule has 0 radical (unpaired) electrons. The fourth-order valence-electron chi connectivity index (χ4n) is 2.83. The first-order chi connectivity index (χ1) is 15.4. The third-order valence-electron chi connectivity index (χ3n) is 4.39. The van der Waals surface area contributed by atoms with Gasteiger partial charge in [-0.1, -0.05) is 41.4 Å². The number of hydrogen-bond acceptors (Lipinski definition) is 4. The second-order valence-electron chi connectivity index (χ2n) is 6.51. The number of benzene rings is 3. The third-order valence-corrected chi connectivity index (χ3v) is 5.20. The maximum atomic E-state index is 12.4. The van der Waals surface area contributed by atoms with E-state index >= 15 is 0 Å². The molecule has 3 rings (SSSR count). The van der Waals surface area contributed by atoms with Crippen LogP contribution in [-0.4, -0.2) is 19.5 Å². The van der Waals surface area contributed by atoms with Crippen molar-refractivity contribution in [1.29, 1.82) is 0 Å².